The van der Waals surface area contributed by atoms with Crippen LogP contribution in [0.2, 0.25) is 0 Å². The first kappa shape index (κ1) is 23.6. The Labute approximate surface area is 166 Å². The fourth-order valence-electron chi connectivity index (χ4n) is 3.87. The van der Waals surface area contributed by atoms with Gasteiger partial charge in [0.2, 0.25) is 5.12 Å². The average Bonchev–Trinajstić information content (AvgIpc) is 2.84. The molecule has 1 rings (SSSR count). The van der Waals surface area contributed by atoms with E-state index in [9.17, 15) is 9.90 Å². The van der Waals surface area contributed by atoms with E-state index in [1.54, 1.807) is 0 Å². The second-order valence-corrected chi connectivity index (χ2v) is 9.62. The van der Waals surface area contributed by atoms with Crippen LogP contribution < -0.4 is 0 Å². The Morgan fingerprint density at radius 3 is 1.58 bits per heavy atom. The normalized spacial score (nSPS) is 20.3. The van der Waals surface area contributed by atoms with Gasteiger partial charge in [0, 0.05) is 5.57 Å². The van der Waals surface area contributed by atoms with Gasteiger partial charge in [0.15, 0.2) is 0 Å². The maximum Gasteiger partial charge on any atom is 0.219 e. The van der Waals surface area contributed by atoms with Gasteiger partial charge in [-0.25, -0.2) is 0 Å². The summed E-state index contributed by atoms with van der Waals surface area (Å²) in [6, 6.07) is 0. The first-order valence-electron chi connectivity index (χ1n) is 11.2. The zero-order valence-electron chi connectivity index (χ0n) is 17.6. The molecule has 0 amide bonds. The lowest BCUT2D eigenvalue weighted by Crippen LogP contribution is -2.20. The van der Waals surface area contributed by atoms with E-state index in [1.807, 2.05) is 13.8 Å². The van der Waals surface area contributed by atoms with Gasteiger partial charge in [0.25, 0.3) is 0 Å². The van der Waals surface area contributed by atoms with Crippen LogP contribution in [0.5, 0.6) is 0 Å². The number of rotatable bonds is 16. The summed E-state index contributed by atoms with van der Waals surface area (Å²) >= 11 is 1.33. The molecular formula is C23H42O2S. The molecule has 0 saturated heterocycles. The summed E-state index contributed by atoms with van der Waals surface area (Å²) in [5.74, 6) is 0.352. The predicted molar refractivity (Wildman–Crippen MR) is 116 cm³/mol. The molecule has 1 aliphatic heterocycles. The van der Waals surface area contributed by atoms with Crippen LogP contribution in [0.1, 0.15) is 124 Å². The molecular weight excluding hydrogens is 340 g/mol. The molecule has 0 spiro atoms. The lowest BCUT2D eigenvalue weighted by Gasteiger charge is -2.22. The summed E-state index contributed by atoms with van der Waals surface area (Å²) in [6.07, 6.45) is 20.5. The first-order chi connectivity index (χ1) is 12.5. The van der Waals surface area contributed by atoms with E-state index < -0.39 is 0 Å². The van der Waals surface area contributed by atoms with E-state index >= 15 is 0 Å². The molecule has 26 heavy (non-hydrogen) atoms. The van der Waals surface area contributed by atoms with Crippen LogP contribution >= 0.6 is 11.8 Å². The Balaban J connectivity index is 1.94. The number of carbonyl (C=O) groups is 1. The van der Waals surface area contributed by atoms with Crippen molar-refractivity contribution < 1.29 is 9.90 Å². The highest BCUT2D eigenvalue weighted by Gasteiger charge is 2.41. The topological polar surface area (TPSA) is 37.3 Å². The highest BCUT2D eigenvalue weighted by atomic mass is 32.2. The maximum absolute atomic E-state index is 11.9. The number of hydrogen-bond acceptors (Lipinski definition) is 3. The molecule has 1 heterocycles. The largest absolute Gasteiger partial charge is 0.510 e. The van der Waals surface area contributed by atoms with Gasteiger partial charge in [0.05, 0.1) is 4.75 Å². The molecule has 0 aromatic rings. The minimum Gasteiger partial charge on any atom is -0.510 e. The second-order valence-electron chi connectivity index (χ2n) is 8.15. The van der Waals surface area contributed by atoms with Crippen molar-refractivity contribution >= 4 is 16.9 Å². The Kier molecular flexibility index (Phi) is 12.4. The summed E-state index contributed by atoms with van der Waals surface area (Å²) in [4.78, 5) is 11.9. The molecule has 0 fully saturated rings. The van der Waals surface area contributed by atoms with Crippen molar-refractivity contribution in [3.63, 3.8) is 0 Å². The summed E-state index contributed by atoms with van der Waals surface area (Å²) in [5.41, 5.74) is 0.642. The SMILES string of the molecule is CCCCCCCCCCCCCCCCC1(C)SC(=O)C(CC)=C1O. The van der Waals surface area contributed by atoms with Crippen LogP contribution in [-0.4, -0.2) is 15.0 Å². The smallest absolute Gasteiger partial charge is 0.219 e. The van der Waals surface area contributed by atoms with Crippen molar-refractivity contribution in [1.29, 1.82) is 0 Å². The molecule has 1 N–H and O–H groups in total. The van der Waals surface area contributed by atoms with Crippen LogP contribution in [0.15, 0.2) is 11.3 Å². The quantitative estimate of drug-likeness (QED) is 0.274. The average molecular weight is 383 g/mol. The molecule has 1 aliphatic rings. The zero-order valence-corrected chi connectivity index (χ0v) is 18.4. The van der Waals surface area contributed by atoms with Gasteiger partial charge < -0.3 is 5.11 Å². The van der Waals surface area contributed by atoms with Gasteiger partial charge in [-0.15, -0.1) is 0 Å². The second kappa shape index (κ2) is 13.7. The number of thioether (sulfide) groups is 1. The lowest BCUT2D eigenvalue weighted by atomic mass is 9.96. The van der Waals surface area contributed by atoms with Crippen LogP contribution in [0.4, 0.5) is 0 Å². The molecule has 3 heteroatoms. The fraction of sp³-hybridized carbons (Fsp3) is 0.870. The van der Waals surface area contributed by atoms with E-state index in [4.69, 9.17) is 0 Å². The van der Waals surface area contributed by atoms with Crippen LogP contribution in [0, 0.1) is 0 Å². The standard InChI is InChI=1S/C23H42O2S/c1-4-6-7-8-9-10-11-12-13-14-15-16-17-18-19-23(3)21(24)20(5-2)22(25)26-23/h24H,4-19H2,1-3H3. The fourth-order valence-corrected chi connectivity index (χ4v) is 5.11. The van der Waals surface area contributed by atoms with Crippen LogP contribution in [-0.2, 0) is 4.79 Å². The van der Waals surface area contributed by atoms with Gasteiger partial charge in [-0.1, -0.05) is 116 Å². The summed E-state index contributed by atoms with van der Waals surface area (Å²) in [6.45, 7) is 6.25. The molecule has 152 valence electrons. The van der Waals surface area contributed by atoms with Gasteiger partial charge in [-0.2, -0.15) is 0 Å². The number of aliphatic hydroxyl groups is 1. The summed E-state index contributed by atoms with van der Waals surface area (Å²) in [7, 11) is 0. The minimum atomic E-state index is -0.362. The van der Waals surface area contributed by atoms with E-state index in [0.717, 1.165) is 12.8 Å². The molecule has 1 atom stereocenters. The molecule has 0 aromatic carbocycles. The van der Waals surface area contributed by atoms with Crippen molar-refractivity contribution in [2.24, 2.45) is 0 Å². The number of hydrogen-bond donors (Lipinski definition) is 1. The Morgan fingerprint density at radius 1 is 0.769 bits per heavy atom. The molecule has 0 saturated carbocycles. The number of carbonyl (C=O) groups excluding carboxylic acids is 1. The van der Waals surface area contributed by atoms with Crippen LogP contribution in [0.3, 0.4) is 0 Å². The Morgan fingerprint density at radius 2 is 1.19 bits per heavy atom. The maximum atomic E-state index is 11.9. The Bertz CT molecular complexity index is 430. The van der Waals surface area contributed by atoms with Crippen LogP contribution in [0.25, 0.3) is 0 Å². The van der Waals surface area contributed by atoms with E-state index in [2.05, 4.69) is 6.92 Å². The first-order valence-corrected chi connectivity index (χ1v) is 12.0. The van der Waals surface area contributed by atoms with Crippen molar-refractivity contribution in [1.82, 2.24) is 0 Å². The van der Waals surface area contributed by atoms with E-state index in [1.165, 1.54) is 95.2 Å². The molecule has 0 radical (unpaired) electrons. The third kappa shape index (κ3) is 8.50. The number of unbranched alkanes of at least 4 members (excludes halogenated alkanes) is 13. The van der Waals surface area contributed by atoms with Crippen molar-refractivity contribution in [2.45, 2.75) is 128 Å². The monoisotopic (exact) mass is 382 g/mol. The molecule has 0 aliphatic carbocycles. The van der Waals surface area contributed by atoms with Crippen molar-refractivity contribution in [2.75, 3.05) is 0 Å². The third-order valence-corrected chi connectivity index (χ3v) is 6.99. The zero-order chi connectivity index (χ0) is 19.3. The highest BCUT2D eigenvalue weighted by Crippen LogP contribution is 2.46. The van der Waals surface area contributed by atoms with Gasteiger partial charge in [0.1, 0.15) is 5.76 Å². The van der Waals surface area contributed by atoms with Gasteiger partial charge in [-0.3, -0.25) is 4.79 Å². The number of aliphatic hydroxyl groups excluding tert-OH is 1. The third-order valence-electron chi connectivity index (χ3n) is 5.71. The molecule has 0 aromatic heterocycles. The van der Waals surface area contributed by atoms with E-state index in [-0.39, 0.29) is 9.86 Å². The summed E-state index contributed by atoms with van der Waals surface area (Å²) in [5, 5.41) is 10.4. The molecule has 1 unspecified atom stereocenters. The van der Waals surface area contributed by atoms with Crippen molar-refractivity contribution in [3.8, 4) is 0 Å². The molecule has 0 bridgehead atoms. The predicted octanol–water partition coefficient (Wildman–Crippen LogP) is 8.11. The van der Waals surface area contributed by atoms with E-state index in [0.29, 0.717) is 17.8 Å². The highest BCUT2D eigenvalue weighted by molar-refractivity contribution is 8.15. The van der Waals surface area contributed by atoms with Gasteiger partial charge in [-0.05, 0) is 19.8 Å². The molecule has 2 nitrogen and oxygen atoms in total. The van der Waals surface area contributed by atoms with Gasteiger partial charge >= 0.3 is 0 Å². The Hall–Kier alpha value is -0.440. The summed E-state index contributed by atoms with van der Waals surface area (Å²) < 4.78 is -0.362. The van der Waals surface area contributed by atoms with Crippen molar-refractivity contribution in [3.05, 3.63) is 11.3 Å². The lowest BCUT2D eigenvalue weighted by molar-refractivity contribution is -0.107. The minimum absolute atomic E-state index is 0.0814.